The van der Waals surface area contributed by atoms with Crippen molar-refractivity contribution < 1.29 is 4.79 Å². The Labute approximate surface area is 117 Å². The number of nitrogens with zero attached hydrogens (tertiary/aromatic N) is 1. The summed E-state index contributed by atoms with van der Waals surface area (Å²) in [7, 11) is 0. The van der Waals surface area contributed by atoms with Crippen molar-refractivity contribution in [1.82, 2.24) is 10.3 Å². The Morgan fingerprint density at radius 3 is 2.72 bits per heavy atom. The van der Waals surface area contributed by atoms with Crippen LogP contribution in [-0.2, 0) is 11.2 Å². The van der Waals surface area contributed by atoms with Crippen LogP contribution in [0, 0.1) is 5.92 Å². The van der Waals surface area contributed by atoms with E-state index in [2.05, 4.69) is 17.2 Å². The van der Waals surface area contributed by atoms with Crippen molar-refractivity contribution in [3.63, 3.8) is 0 Å². The highest BCUT2D eigenvalue weighted by molar-refractivity contribution is 7.80. The molecule has 0 fully saturated rings. The summed E-state index contributed by atoms with van der Waals surface area (Å²) in [5, 5.41) is 3.82. The molecule has 0 aliphatic carbocycles. The van der Waals surface area contributed by atoms with Gasteiger partial charge in [0.05, 0.1) is 16.9 Å². The second-order valence-corrected chi connectivity index (χ2v) is 5.73. The molecule has 2 atom stereocenters. The summed E-state index contributed by atoms with van der Waals surface area (Å²) in [6, 6.07) is -0.105. The predicted octanol–water partition coefficient (Wildman–Crippen LogP) is 2.20. The predicted molar refractivity (Wildman–Crippen MR) is 78.6 cm³/mol. The van der Waals surface area contributed by atoms with E-state index in [0.29, 0.717) is 6.42 Å². The van der Waals surface area contributed by atoms with E-state index in [4.69, 9.17) is 18.0 Å². The van der Waals surface area contributed by atoms with Crippen molar-refractivity contribution in [1.29, 1.82) is 0 Å². The molecule has 100 valence electrons. The molecule has 18 heavy (non-hydrogen) atoms. The zero-order valence-corrected chi connectivity index (χ0v) is 12.5. The van der Waals surface area contributed by atoms with Crippen LogP contribution in [0.3, 0.4) is 0 Å². The van der Waals surface area contributed by atoms with Crippen molar-refractivity contribution >= 4 is 34.5 Å². The Bertz CT molecular complexity index is 431. The van der Waals surface area contributed by atoms with Gasteiger partial charge in [-0.3, -0.25) is 4.79 Å². The molecule has 6 heteroatoms. The normalized spacial score (nSPS) is 13.9. The summed E-state index contributed by atoms with van der Waals surface area (Å²) in [4.78, 5) is 17.7. The number of rotatable bonds is 6. The van der Waals surface area contributed by atoms with Crippen molar-refractivity contribution in [3.05, 3.63) is 16.1 Å². The molecular weight excluding hydrogens is 266 g/mol. The third-order valence-electron chi connectivity index (χ3n) is 2.72. The number of hydrogen-bond acceptors (Lipinski definition) is 4. The van der Waals surface area contributed by atoms with Gasteiger partial charge in [0.1, 0.15) is 5.01 Å². The largest absolute Gasteiger partial charge is 0.393 e. The van der Waals surface area contributed by atoms with Crippen molar-refractivity contribution in [2.75, 3.05) is 0 Å². The van der Waals surface area contributed by atoms with E-state index < -0.39 is 5.92 Å². The summed E-state index contributed by atoms with van der Waals surface area (Å²) in [6.07, 6.45) is 3.43. The zero-order chi connectivity index (χ0) is 13.7. The Morgan fingerprint density at radius 2 is 2.28 bits per heavy atom. The molecule has 1 aromatic rings. The van der Waals surface area contributed by atoms with Crippen LogP contribution in [0.1, 0.15) is 43.1 Å². The molecule has 0 bridgehead atoms. The molecule has 1 amide bonds. The fourth-order valence-electron chi connectivity index (χ4n) is 1.58. The first-order valence-corrected chi connectivity index (χ1v) is 7.26. The molecule has 0 saturated carbocycles. The lowest BCUT2D eigenvalue weighted by Gasteiger charge is -2.16. The molecule has 0 aliphatic rings. The van der Waals surface area contributed by atoms with Gasteiger partial charge in [-0.2, -0.15) is 0 Å². The minimum atomic E-state index is -0.395. The topological polar surface area (TPSA) is 68.0 Å². The minimum absolute atomic E-state index is 0.105. The second-order valence-electron chi connectivity index (χ2n) is 4.11. The Morgan fingerprint density at radius 1 is 1.61 bits per heavy atom. The van der Waals surface area contributed by atoms with Gasteiger partial charge >= 0.3 is 0 Å². The van der Waals surface area contributed by atoms with E-state index >= 15 is 0 Å². The van der Waals surface area contributed by atoms with E-state index in [1.54, 1.807) is 11.3 Å². The van der Waals surface area contributed by atoms with Crippen molar-refractivity contribution in [2.24, 2.45) is 11.7 Å². The van der Waals surface area contributed by atoms with Crippen LogP contribution < -0.4 is 11.1 Å². The third-order valence-corrected chi connectivity index (χ3v) is 4.33. The smallest absolute Gasteiger partial charge is 0.230 e. The second kappa shape index (κ2) is 6.80. The maximum atomic E-state index is 12.0. The number of thiocarbonyl (C=S) groups is 1. The zero-order valence-electron chi connectivity index (χ0n) is 10.9. The van der Waals surface area contributed by atoms with Crippen LogP contribution in [0.2, 0.25) is 0 Å². The van der Waals surface area contributed by atoms with Gasteiger partial charge in [0.2, 0.25) is 5.91 Å². The Balaban J connectivity index is 2.66. The first-order chi connectivity index (χ1) is 8.49. The van der Waals surface area contributed by atoms with Gasteiger partial charge in [0.25, 0.3) is 0 Å². The molecule has 0 radical (unpaired) electrons. The van der Waals surface area contributed by atoms with Crippen LogP contribution in [0.15, 0.2) is 6.20 Å². The molecule has 1 rings (SSSR count). The lowest BCUT2D eigenvalue weighted by Crippen LogP contribution is -2.38. The first-order valence-electron chi connectivity index (χ1n) is 6.03. The lowest BCUT2D eigenvalue weighted by atomic mass is 10.1. The van der Waals surface area contributed by atoms with Gasteiger partial charge < -0.3 is 11.1 Å². The summed E-state index contributed by atoms with van der Waals surface area (Å²) < 4.78 is 0. The summed E-state index contributed by atoms with van der Waals surface area (Å²) >= 11 is 6.51. The molecule has 1 heterocycles. The van der Waals surface area contributed by atoms with Crippen molar-refractivity contribution in [3.8, 4) is 0 Å². The van der Waals surface area contributed by atoms with Gasteiger partial charge in [-0.1, -0.05) is 26.1 Å². The van der Waals surface area contributed by atoms with E-state index in [0.717, 1.165) is 11.4 Å². The van der Waals surface area contributed by atoms with E-state index in [9.17, 15) is 4.79 Å². The number of amides is 1. The summed E-state index contributed by atoms with van der Waals surface area (Å²) in [6.45, 7) is 5.90. The molecule has 0 aromatic carbocycles. The van der Waals surface area contributed by atoms with E-state index in [1.807, 2.05) is 20.0 Å². The minimum Gasteiger partial charge on any atom is -0.393 e. The first kappa shape index (κ1) is 15.0. The van der Waals surface area contributed by atoms with Gasteiger partial charge in [-0.25, -0.2) is 4.98 Å². The van der Waals surface area contributed by atoms with Crippen LogP contribution in [0.5, 0.6) is 0 Å². The summed E-state index contributed by atoms with van der Waals surface area (Å²) in [5.74, 6) is -0.515. The number of hydrogen-bond donors (Lipinski definition) is 2. The van der Waals surface area contributed by atoms with E-state index in [-0.39, 0.29) is 16.9 Å². The van der Waals surface area contributed by atoms with E-state index in [1.165, 1.54) is 4.88 Å². The number of aryl methyl sites for hydroxylation is 1. The molecule has 0 saturated heterocycles. The number of thiazole rings is 1. The standard InChI is InChI=1S/C12H19N3OS2/c1-4-8-6-14-12(18-8)7(3)15-11(16)9(5-2)10(13)17/h6-7,9H,4-5H2,1-3H3,(H2,13,17)(H,15,16). The molecule has 0 spiro atoms. The molecular formula is C12H19N3OS2. The van der Waals surface area contributed by atoms with Gasteiger partial charge in [-0.05, 0) is 19.8 Å². The highest BCUT2D eigenvalue weighted by Gasteiger charge is 2.22. The average Bonchev–Trinajstić information content (AvgIpc) is 2.77. The highest BCUT2D eigenvalue weighted by atomic mass is 32.1. The van der Waals surface area contributed by atoms with Crippen LogP contribution >= 0.6 is 23.6 Å². The SMILES string of the molecule is CCc1cnc(C(C)NC(=O)C(CC)C(N)=S)s1. The fourth-order valence-corrected chi connectivity index (χ4v) is 2.71. The number of nitrogens with two attached hydrogens (primary N) is 1. The number of nitrogens with one attached hydrogen (secondary N) is 1. The number of carbonyl (C=O) groups is 1. The quantitative estimate of drug-likeness (QED) is 0.786. The van der Waals surface area contributed by atoms with Crippen LogP contribution in [-0.4, -0.2) is 15.9 Å². The third kappa shape index (κ3) is 3.74. The summed E-state index contributed by atoms with van der Waals surface area (Å²) in [5.41, 5.74) is 5.55. The average molecular weight is 285 g/mol. The molecule has 0 aliphatic heterocycles. The number of aromatic nitrogens is 1. The molecule has 4 nitrogen and oxygen atoms in total. The van der Waals surface area contributed by atoms with Gasteiger partial charge in [0.15, 0.2) is 0 Å². The number of carbonyl (C=O) groups excluding carboxylic acids is 1. The van der Waals surface area contributed by atoms with Gasteiger partial charge in [0, 0.05) is 11.1 Å². The van der Waals surface area contributed by atoms with Crippen LogP contribution in [0.4, 0.5) is 0 Å². The Hall–Kier alpha value is -1.01. The maximum absolute atomic E-state index is 12.0. The highest BCUT2D eigenvalue weighted by Crippen LogP contribution is 2.20. The Kier molecular flexibility index (Phi) is 5.68. The molecule has 3 N–H and O–H groups in total. The molecule has 1 aromatic heterocycles. The van der Waals surface area contributed by atoms with Crippen LogP contribution in [0.25, 0.3) is 0 Å². The fraction of sp³-hybridized carbons (Fsp3) is 0.583. The monoisotopic (exact) mass is 285 g/mol. The van der Waals surface area contributed by atoms with Gasteiger partial charge in [-0.15, -0.1) is 11.3 Å². The lowest BCUT2D eigenvalue weighted by molar-refractivity contribution is -0.123. The van der Waals surface area contributed by atoms with Crippen molar-refractivity contribution in [2.45, 2.75) is 39.7 Å². The maximum Gasteiger partial charge on any atom is 0.230 e. The molecule has 2 unspecified atom stereocenters.